The summed E-state index contributed by atoms with van der Waals surface area (Å²) in [7, 11) is 0. The lowest BCUT2D eigenvalue weighted by molar-refractivity contribution is -0.155. The van der Waals surface area contributed by atoms with Crippen molar-refractivity contribution in [1.29, 1.82) is 0 Å². The fourth-order valence-corrected chi connectivity index (χ4v) is 4.32. The highest BCUT2D eigenvalue weighted by atomic mass is 16.5. The molecule has 1 saturated heterocycles. The molecule has 29 heavy (non-hydrogen) atoms. The van der Waals surface area contributed by atoms with Gasteiger partial charge in [-0.3, -0.25) is 14.8 Å². The lowest BCUT2D eigenvalue weighted by Crippen LogP contribution is -2.62. The van der Waals surface area contributed by atoms with Crippen LogP contribution in [0.4, 0.5) is 0 Å². The van der Waals surface area contributed by atoms with Crippen LogP contribution >= 0.6 is 0 Å². The van der Waals surface area contributed by atoms with E-state index in [1.165, 1.54) is 5.48 Å². The zero-order valence-electron chi connectivity index (χ0n) is 17.3. The molecule has 3 atom stereocenters. The van der Waals surface area contributed by atoms with Crippen molar-refractivity contribution in [1.82, 2.24) is 15.7 Å². The van der Waals surface area contributed by atoms with Crippen LogP contribution in [0.25, 0.3) is 0 Å². The number of benzene rings is 1. The maximum atomic E-state index is 13.6. The highest BCUT2D eigenvalue weighted by Crippen LogP contribution is 2.36. The molecular weight excluding hydrogens is 374 g/mol. The predicted octanol–water partition coefficient (Wildman–Crippen LogP) is 0.797. The summed E-state index contributed by atoms with van der Waals surface area (Å²) >= 11 is 0. The third-order valence-corrected chi connectivity index (χ3v) is 5.96. The van der Waals surface area contributed by atoms with Gasteiger partial charge in [0.05, 0.1) is 18.1 Å². The summed E-state index contributed by atoms with van der Waals surface area (Å²) in [4.78, 5) is 27.2. The Hall–Kier alpha value is -2.16. The van der Waals surface area contributed by atoms with E-state index < -0.39 is 23.5 Å². The van der Waals surface area contributed by atoms with Gasteiger partial charge in [-0.15, -0.1) is 0 Å². The molecule has 8 heteroatoms. The van der Waals surface area contributed by atoms with Crippen LogP contribution in [0.15, 0.2) is 18.2 Å². The van der Waals surface area contributed by atoms with Gasteiger partial charge in [0.2, 0.25) is 5.91 Å². The number of nitrogens with zero attached hydrogens (tertiary/aromatic N) is 1. The Morgan fingerprint density at radius 1 is 1.38 bits per heavy atom. The minimum Gasteiger partial charge on any atom is -0.493 e. The lowest BCUT2D eigenvalue weighted by Gasteiger charge is -2.47. The number of nitrogens with one attached hydrogen (secondary N) is 2. The molecule has 1 aromatic rings. The zero-order chi connectivity index (χ0) is 21.2. The van der Waals surface area contributed by atoms with E-state index in [0.717, 1.165) is 23.3 Å². The molecule has 2 aliphatic rings. The number of ether oxygens (including phenoxy) is 1. The van der Waals surface area contributed by atoms with Crippen LogP contribution in [-0.4, -0.2) is 59.4 Å². The van der Waals surface area contributed by atoms with Crippen molar-refractivity contribution in [3.63, 3.8) is 0 Å². The second-order valence-electron chi connectivity index (χ2n) is 8.52. The van der Waals surface area contributed by atoms with Gasteiger partial charge in [0.1, 0.15) is 11.9 Å². The fraction of sp³-hybridized carbons (Fsp3) is 0.619. The molecule has 3 rings (SSSR count). The van der Waals surface area contributed by atoms with Gasteiger partial charge < -0.3 is 20.1 Å². The van der Waals surface area contributed by atoms with E-state index in [1.807, 2.05) is 32.9 Å². The second-order valence-corrected chi connectivity index (χ2v) is 8.52. The first-order valence-corrected chi connectivity index (χ1v) is 10.2. The van der Waals surface area contributed by atoms with Gasteiger partial charge in [-0.2, -0.15) is 0 Å². The molecule has 0 spiro atoms. The number of aliphatic hydroxyl groups excluding tert-OH is 1. The number of hydrogen-bond acceptors (Lipinski definition) is 6. The van der Waals surface area contributed by atoms with Crippen LogP contribution in [0, 0.1) is 11.8 Å². The smallest absolute Gasteiger partial charge is 0.272 e. The van der Waals surface area contributed by atoms with Gasteiger partial charge in [-0.1, -0.05) is 19.9 Å². The van der Waals surface area contributed by atoms with Crippen LogP contribution in [0.2, 0.25) is 0 Å². The molecule has 1 fully saturated rings. The summed E-state index contributed by atoms with van der Waals surface area (Å²) in [5.41, 5.74) is 2.96. The van der Waals surface area contributed by atoms with Crippen LogP contribution in [-0.2, 0) is 21.5 Å². The van der Waals surface area contributed by atoms with Crippen molar-refractivity contribution in [3.8, 4) is 5.75 Å². The Morgan fingerprint density at radius 3 is 2.83 bits per heavy atom. The average Bonchev–Trinajstić information content (AvgIpc) is 3.18. The Labute approximate surface area is 171 Å². The molecule has 2 heterocycles. The van der Waals surface area contributed by atoms with Crippen molar-refractivity contribution in [2.75, 3.05) is 26.2 Å². The molecule has 0 bridgehead atoms. The first-order valence-electron chi connectivity index (χ1n) is 10.2. The SMILES string of the molecule is CC(C)C[C@H](C(=O)N1CCNC[C@@]1(C)c1ccc2c(c1)CCO2)[C@H](O)C(=O)NO. The summed E-state index contributed by atoms with van der Waals surface area (Å²) in [6.45, 7) is 8.18. The highest BCUT2D eigenvalue weighted by molar-refractivity contribution is 5.89. The zero-order valence-corrected chi connectivity index (χ0v) is 17.3. The van der Waals surface area contributed by atoms with Crippen molar-refractivity contribution in [3.05, 3.63) is 29.3 Å². The second kappa shape index (κ2) is 8.69. The number of rotatable bonds is 6. The molecular formula is C21H31N3O5. The van der Waals surface area contributed by atoms with E-state index in [9.17, 15) is 14.7 Å². The van der Waals surface area contributed by atoms with Crippen LogP contribution < -0.4 is 15.5 Å². The van der Waals surface area contributed by atoms with Gasteiger partial charge in [0.15, 0.2) is 0 Å². The van der Waals surface area contributed by atoms with Crippen molar-refractivity contribution < 1.29 is 24.6 Å². The fourth-order valence-electron chi connectivity index (χ4n) is 4.32. The van der Waals surface area contributed by atoms with E-state index in [1.54, 1.807) is 4.90 Å². The molecule has 0 unspecified atom stereocenters. The summed E-state index contributed by atoms with van der Waals surface area (Å²) < 4.78 is 5.60. The molecule has 0 radical (unpaired) electrons. The first-order chi connectivity index (χ1) is 13.8. The standard InChI is InChI=1S/C21H31N3O5/c1-13(2)10-16(18(25)19(26)23-28)20(27)24-8-7-22-12-21(24,3)15-4-5-17-14(11-15)6-9-29-17/h4-5,11,13,16,18,22,25,28H,6-10,12H2,1-3H3,(H,23,26)/t16-,18-,21-/m0/s1. The molecule has 0 aromatic heterocycles. The normalized spacial score (nSPS) is 23.3. The molecule has 0 saturated carbocycles. The number of hydroxylamine groups is 1. The quantitative estimate of drug-likeness (QED) is 0.412. The Kier molecular flexibility index (Phi) is 6.45. The number of aliphatic hydroxyl groups is 1. The van der Waals surface area contributed by atoms with E-state index in [4.69, 9.17) is 9.94 Å². The maximum Gasteiger partial charge on any atom is 0.272 e. The summed E-state index contributed by atoms with van der Waals surface area (Å²) in [6, 6.07) is 6.01. The van der Waals surface area contributed by atoms with Gasteiger partial charge in [0, 0.05) is 26.1 Å². The Morgan fingerprint density at radius 2 is 2.14 bits per heavy atom. The van der Waals surface area contributed by atoms with Crippen molar-refractivity contribution in [2.24, 2.45) is 11.8 Å². The Bertz CT molecular complexity index is 769. The van der Waals surface area contributed by atoms with Gasteiger partial charge in [-0.05, 0) is 42.5 Å². The number of fused-ring (bicyclic) bond motifs is 1. The lowest BCUT2D eigenvalue weighted by atomic mass is 9.83. The number of carbonyl (C=O) groups is 2. The highest BCUT2D eigenvalue weighted by Gasteiger charge is 2.44. The van der Waals surface area contributed by atoms with E-state index in [-0.39, 0.29) is 11.8 Å². The molecule has 4 N–H and O–H groups in total. The molecule has 2 aliphatic heterocycles. The minimum absolute atomic E-state index is 0.0939. The van der Waals surface area contributed by atoms with Gasteiger partial charge in [-0.25, -0.2) is 5.48 Å². The van der Waals surface area contributed by atoms with Crippen LogP contribution in [0.5, 0.6) is 5.75 Å². The molecule has 1 aromatic carbocycles. The largest absolute Gasteiger partial charge is 0.493 e. The summed E-state index contributed by atoms with van der Waals surface area (Å²) in [5.74, 6) is -1.20. The monoisotopic (exact) mass is 405 g/mol. The topological polar surface area (TPSA) is 111 Å². The number of amides is 2. The van der Waals surface area contributed by atoms with Gasteiger partial charge in [0.25, 0.3) is 5.91 Å². The van der Waals surface area contributed by atoms with Crippen LogP contribution in [0.1, 0.15) is 38.3 Å². The van der Waals surface area contributed by atoms with Crippen molar-refractivity contribution >= 4 is 11.8 Å². The molecule has 0 aliphatic carbocycles. The average molecular weight is 405 g/mol. The maximum absolute atomic E-state index is 13.6. The number of piperazine rings is 1. The molecule has 8 nitrogen and oxygen atoms in total. The first kappa shape index (κ1) is 21.5. The third-order valence-electron chi connectivity index (χ3n) is 5.96. The molecule has 2 amide bonds. The van der Waals surface area contributed by atoms with E-state index in [0.29, 0.717) is 32.7 Å². The van der Waals surface area contributed by atoms with E-state index >= 15 is 0 Å². The minimum atomic E-state index is -1.61. The van der Waals surface area contributed by atoms with Crippen LogP contribution in [0.3, 0.4) is 0 Å². The molecule has 160 valence electrons. The Balaban J connectivity index is 1.94. The predicted molar refractivity (Wildman–Crippen MR) is 106 cm³/mol. The van der Waals surface area contributed by atoms with Crippen molar-refractivity contribution in [2.45, 2.75) is 45.3 Å². The number of carbonyl (C=O) groups excluding carboxylic acids is 2. The summed E-state index contributed by atoms with van der Waals surface area (Å²) in [6.07, 6.45) is -0.431. The summed E-state index contributed by atoms with van der Waals surface area (Å²) in [5, 5.41) is 22.7. The van der Waals surface area contributed by atoms with Gasteiger partial charge >= 0.3 is 0 Å². The van der Waals surface area contributed by atoms with E-state index in [2.05, 4.69) is 11.4 Å². The number of hydrogen-bond donors (Lipinski definition) is 4. The third kappa shape index (κ3) is 4.24.